The average molecular weight is 1360 g/mol. The van der Waals surface area contributed by atoms with Gasteiger partial charge in [-0.15, -0.1) is 0 Å². The van der Waals surface area contributed by atoms with Crippen LogP contribution in [0.15, 0.2) is 166 Å². The molecular weight excluding hydrogens is 1280 g/mol. The van der Waals surface area contributed by atoms with Gasteiger partial charge in [0.2, 0.25) is 0 Å². The highest BCUT2D eigenvalue weighted by molar-refractivity contribution is 7.80. The van der Waals surface area contributed by atoms with E-state index in [1.54, 1.807) is 103 Å². The highest BCUT2D eigenvalue weighted by atomic mass is 32.1. The van der Waals surface area contributed by atoms with Crippen LogP contribution in [-0.2, 0) is 52.4 Å². The van der Waals surface area contributed by atoms with Crippen LogP contribution >= 0.6 is 12.2 Å². The zero-order valence-electron chi connectivity index (χ0n) is 54.4. The molecule has 3 fully saturated rings. The first-order valence-corrected chi connectivity index (χ1v) is 32.4. The normalized spacial score (nSPS) is 24.3. The van der Waals surface area contributed by atoms with Crippen molar-refractivity contribution in [3.63, 3.8) is 0 Å². The first-order chi connectivity index (χ1) is 46.7. The maximum absolute atomic E-state index is 16.5. The van der Waals surface area contributed by atoms with Crippen molar-refractivity contribution in [2.45, 2.75) is 134 Å². The number of phenolic OH excluding ortho intramolecular Hbond substituents is 1. The van der Waals surface area contributed by atoms with Gasteiger partial charge >= 0.3 is 35.8 Å². The maximum Gasteiger partial charge on any atom is 0.338 e. The minimum Gasteiger partial charge on any atom is -0.508 e. The van der Waals surface area contributed by atoms with E-state index in [-0.39, 0.29) is 74.7 Å². The van der Waals surface area contributed by atoms with Crippen LogP contribution in [-0.4, -0.2) is 134 Å². The molecule has 1 saturated heterocycles. The molecule has 2 heterocycles. The zero-order chi connectivity index (χ0) is 70.2. The minimum absolute atomic E-state index is 0.00506. The van der Waals surface area contributed by atoms with E-state index < -0.39 is 131 Å². The number of amides is 1. The number of ketones is 1. The number of unbranched alkanes of at least 4 members (excludes halogenated alkanes) is 2. The summed E-state index contributed by atoms with van der Waals surface area (Å²) in [4.78, 5) is 127. The molecule has 0 spiro atoms. The van der Waals surface area contributed by atoms with Crippen LogP contribution in [0, 0.1) is 16.7 Å². The number of phenols is 1. The standard InChI is InChI=1S/C74H73N3O20S/c1-39-54(94-69(89)61(83)60(42-19-11-7-12-20-42)77-66(85)43-21-13-8-14-22-43)37-74(90)65(96-68(88)44-23-15-9-16-24-44)63-72(6,64(84)62(92-40(2)78)59(39)71(74,4)5)55(36-56-73(63,38-91-56)97-41(3)79)95-57(82)25-17-10-18-32-75-70(98)76-45-26-29-48(51(33-45)67(86)87)58-49-30-27-46(80)34-52(49)93-53-35-47(81)28-31-50(53)58/h7-9,11-16,19-24,26-31,33-35,54-56,60-63,65,80,83,90H,10,17-18,25,32,36-38H2,1-6H3,(H,77,85)(H,86,87)(H2,75,76,98)/t54-,55-,56+,60-,61+,62+,63?,65-,72+,73-,74+/m0/s1. The van der Waals surface area contributed by atoms with E-state index in [1.807, 2.05) is 0 Å². The third-order valence-corrected chi connectivity index (χ3v) is 19.8. The van der Waals surface area contributed by atoms with Crippen LogP contribution < -0.4 is 21.4 Å². The van der Waals surface area contributed by atoms with Gasteiger partial charge in [0, 0.05) is 85.0 Å². The first kappa shape index (κ1) is 69.2. The summed E-state index contributed by atoms with van der Waals surface area (Å²) in [5.41, 5.74) is -6.48. The van der Waals surface area contributed by atoms with Crippen molar-refractivity contribution in [3.05, 3.63) is 189 Å². The number of rotatable bonds is 20. The Kier molecular flexibility index (Phi) is 19.6. The number of aliphatic hydroxyl groups excluding tert-OH is 1. The second-order valence-electron chi connectivity index (χ2n) is 25.9. The summed E-state index contributed by atoms with van der Waals surface area (Å²) in [6.45, 7) is 8.08. The molecule has 4 aliphatic carbocycles. The van der Waals surface area contributed by atoms with Gasteiger partial charge in [0.25, 0.3) is 5.91 Å². The Morgan fingerprint density at radius 2 is 1.43 bits per heavy atom. The van der Waals surface area contributed by atoms with Crippen molar-refractivity contribution in [2.75, 3.05) is 18.5 Å². The summed E-state index contributed by atoms with van der Waals surface area (Å²) in [6, 6.07) is 35.8. The number of Topliss-reactive ketones (excluding diaryl/α,β-unsaturated/α-hetero) is 1. The SMILES string of the molecule is CC(=O)O[C@H]1C(=O)[C@@]2(C)C([C@H](OC(=O)c3ccccc3)[C@]3(O)C[C@H](OC(=O)[C@H](O)[C@@H](NC(=O)c4ccccc4)c4ccccc4)C(C)=C1C3(C)C)[C@]1(OC(C)=O)CO[C@@H]1C[C@@H]2OC(=O)CCCCCNC(=S)Nc1ccc(-c2c3ccc(=O)cc-3oc3cc(O)ccc23)c(C(=O)O)c1. The highest BCUT2D eigenvalue weighted by Gasteiger charge is 2.79. The number of carboxylic acid groups (broad SMARTS) is 1. The summed E-state index contributed by atoms with van der Waals surface area (Å²) < 4.78 is 43.8. The van der Waals surface area contributed by atoms with E-state index >= 15 is 4.79 Å². The number of carboxylic acids is 1. The van der Waals surface area contributed by atoms with Crippen molar-refractivity contribution in [1.29, 1.82) is 0 Å². The number of esters is 5. The number of carbonyl (C=O) groups is 8. The molecule has 1 unspecified atom stereocenters. The van der Waals surface area contributed by atoms with Crippen LogP contribution in [0.4, 0.5) is 5.69 Å². The fourth-order valence-corrected chi connectivity index (χ4v) is 14.9. The summed E-state index contributed by atoms with van der Waals surface area (Å²) >= 11 is 5.60. The molecule has 1 amide bonds. The lowest BCUT2D eigenvalue weighted by Crippen LogP contribution is -2.82. The molecule has 5 aromatic carbocycles. The van der Waals surface area contributed by atoms with Gasteiger partial charge in [-0.05, 0) is 122 Å². The largest absolute Gasteiger partial charge is 0.508 e. The average Bonchev–Trinajstić information content (AvgIpc) is 0.668. The van der Waals surface area contributed by atoms with E-state index in [9.17, 15) is 58.8 Å². The predicted molar refractivity (Wildman–Crippen MR) is 357 cm³/mol. The number of carbonyl (C=O) groups excluding carboxylic acids is 7. The second-order valence-corrected chi connectivity index (χ2v) is 26.3. The third-order valence-electron chi connectivity index (χ3n) is 19.5. The summed E-state index contributed by atoms with van der Waals surface area (Å²) in [5.74, 6) is -9.28. The van der Waals surface area contributed by atoms with Crippen molar-refractivity contribution in [1.82, 2.24) is 10.6 Å². The van der Waals surface area contributed by atoms with Gasteiger partial charge in [-0.2, -0.15) is 0 Å². The number of hydrogen-bond acceptors (Lipinski definition) is 20. The Hall–Kier alpha value is -10.1. The molecule has 0 aromatic heterocycles. The van der Waals surface area contributed by atoms with Gasteiger partial charge in [-0.3, -0.25) is 28.8 Å². The number of hydrogen-bond donors (Lipinski definition) is 7. The van der Waals surface area contributed by atoms with Gasteiger partial charge in [-0.25, -0.2) is 14.4 Å². The Morgan fingerprint density at radius 1 is 0.755 bits per heavy atom. The fourth-order valence-electron chi connectivity index (χ4n) is 14.7. The van der Waals surface area contributed by atoms with Crippen LogP contribution in [0.2, 0.25) is 0 Å². The number of ether oxygens (including phenoxy) is 6. The fraction of sp³-hybridized carbons (Fsp3) is 0.351. The van der Waals surface area contributed by atoms with Gasteiger partial charge in [0.15, 0.2) is 34.1 Å². The Bertz CT molecular complexity index is 4370. The Balaban J connectivity index is 0.854. The molecule has 2 aliphatic heterocycles. The lowest BCUT2D eigenvalue weighted by atomic mass is 9.44. The molecule has 2 bridgehead atoms. The third kappa shape index (κ3) is 13.1. The van der Waals surface area contributed by atoms with Crippen LogP contribution in [0.3, 0.4) is 0 Å². The van der Waals surface area contributed by atoms with E-state index in [0.29, 0.717) is 52.7 Å². The van der Waals surface area contributed by atoms with Gasteiger partial charge < -0.3 is 69.2 Å². The molecule has 24 heteroatoms. The molecule has 2 saturated carbocycles. The van der Waals surface area contributed by atoms with E-state index in [0.717, 1.165) is 13.8 Å². The molecular formula is C74H73N3O20S. The molecule has 0 radical (unpaired) electrons. The van der Waals surface area contributed by atoms with Gasteiger partial charge in [0.05, 0.1) is 35.1 Å². The van der Waals surface area contributed by atoms with Crippen molar-refractivity contribution in [3.8, 4) is 28.2 Å². The first-order valence-electron chi connectivity index (χ1n) is 32.0. The van der Waals surface area contributed by atoms with Crippen molar-refractivity contribution >= 4 is 81.5 Å². The monoisotopic (exact) mass is 1360 g/mol. The summed E-state index contributed by atoms with van der Waals surface area (Å²) in [6.07, 6.45) is -10.3. The number of nitrogens with one attached hydrogen (secondary N) is 3. The number of aliphatic hydroxyl groups is 2. The predicted octanol–water partition coefficient (Wildman–Crippen LogP) is 9.12. The number of thiocarbonyl (C=S) groups is 1. The maximum atomic E-state index is 16.5. The molecule has 23 nitrogen and oxygen atoms in total. The topological polar surface area (TPSA) is 339 Å². The molecule has 7 N–H and O–H groups in total. The van der Waals surface area contributed by atoms with Gasteiger partial charge in [0.1, 0.15) is 47.1 Å². The number of benzene rings is 6. The van der Waals surface area contributed by atoms with E-state index in [1.165, 1.54) is 70.2 Å². The quantitative estimate of drug-likeness (QED) is 0.00933. The number of fused-ring (bicyclic) bond motifs is 7. The Morgan fingerprint density at radius 3 is 2.08 bits per heavy atom. The van der Waals surface area contributed by atoms with E-state index in [4.69, 9.17) is 45.1 Å². The van der Waals surface area contributed by atoms with Crippen LogP contribution in [0.5, 0.6) is 5.75 Å². The second kappa shape index (κ2) is 27.8. The molecule has 5 aromatic rings. The minimum atomic E-state index is -2.53. The van der Waals surface area contributed by atoms with Crippen molar-refractivity contribution < 1.29 is 91.6 Å². The van der Waals surface area contributed by atoms with Crippen LogP contribution in [0.1, 0.15) is 123 Å². The molecule has 6 aliphatic rings. The molecule has 98 heavy (non-hydrogen) atoms. The summed E-state index contributed by atoms with van der Waals surface area (Å²) in [5, 5.41) is 56.5. The lowest BCUT2D eigenvalue weighted by molar-refractivity contribution is -0.346. The molecule has 510 valence electrons. The van der Waals surface area contributed by atoms with E-state index in [2.05, 4.69) is 16.0 Å². The van der Waals surface area contributed by atoms with Gasteiger partial charge in [-0.1, -0.05) is 93.1 Å². The summed E-state index contributed by atoms with van der Waals surface area (Å²) in [7, 11) is 0. The van der Waals surface area contributed by atoms with Crippen molar-refractivity contribution in [2.24, 2.45) is 16.7 Å². The van der Waals surface area contributed by atoms with Crippen LogP contribution in [0.25, 0.3) is 33.4 Å². The molecule has 11 atom stereocenters. The lowest BCUT2D eigenvalue weighted by Gasteiger charge is -2.67. The molecule has 11 rings (SSSR count). The number of aromatic carboxylic acids is 1. The zero-order valence-corrected chi connectivity index (χ0v) is 55.2. The number of aromatic hydroxyl groups is 1. The smallest absolute Gasteiger partial charge is 0.338 e. The Labute approximate surface area is 567 Å². The highest BCUT2D eigenvalue weighted by Crippen LogP contribution is 2.65. The number of anilines is 1.